The van der Waals surface area contributed by atoms with Crippen LogP contribution in [0.5, 0.6) is 11.5 Å². The van der Waals surface area contributed by atoms with E-state index < -0.39 is 0 Å². The van der Waals surface area contributed by atoms with Crippen LogP contribution in [0.15, 0.2) is 71.6 Å². The van der Waals surface area contributed by atoms with Gasteiger partial charge in [-0.25, -0.2) is 0 Å². The van der Waals surface area contributed by atoms with Crippen molar-refractivity contribution in [2.24, 2.45) is 0 Å². The monoisotopic (exact) mass is 448 g/mol. The summed E-state index contributed by atoms with van der Waals surface area (Å²) in [5.41, 5.74) is 2.95. The van der Waals surface area contributed by atoms with Gasteiger partial charge in [0.05, 0.1) is 5.25 Å². The molecule has 2 N–H and O–H groups in total. The minimum Gasteiger partial charge on any atom is -0.486 e. The second-order valence-corrected chi connectivity index (χ2v) is 8.82. The largest absolute Gasteiger partial charge is 0.486 e. The summed E-state index contributed by atoms with van der Waals surface area (Å²) < 4.78 is 11.1. The first-order valence-electron chi connectivity index (χ1n) is 10.3. The number of thioether (sulfide) groups is 1. The number of hydrogen-bond acceptors (Lipinski definition) is 5. The zero-order valence-corrected chi connectivity index (χ0v) is 18.7. The molecular formula is C25H24N2O4S. The van der Waals surface area contributed by atoms with E-state index in [1.807, 2.05) is 56.3 Å². The van der Waals surface area contributed by atoms with Gasteiger partial charge in [0, 0.05) is 27.9 Å². The predicted molar refractivity (Wildman–Crippen MR) is 127 cm³/mol. The number of anilines is 2. The maximum Gasteiger partial charge on any atom is 0.255 e. The van der Waals surface area contributed by atoms with E-state index in [-0.39, 0.29) is 17.1 Å². The Bertz CT molecular complexity index is 1130. The number of rotatable bonds is 6. The number of fused-ring (bicyclic) bond motifs is 1. The Kier molecular flexibility index (Phi) is 6.66. The molecule has 3 aromatic rings. The maximum atomic E-state index is 12.6. The van der Waals surface area contributed by atoms with Crippen LogP contribution < -0.4 is 20.1 Å². The molecule has 0 saturated heterocycles. The van der Waals surface area contributed by atoms with E-state index in [9.17, 15) is 9.59 Å². The third kappa shape index (κ3) is 5.23. The molecule has 7 heteroatoms. The molecule has 1 aliphatic heterocycles. The second-order valence-electron chi connectivity index (χ2n) is 7.40. The summed E-state index contributed by atoms with van der Waals surface area (Å²) in [5, 5.41) is 5.52. The first-order valence-corrected chi connectivity index (χ1v) is 11.2. The molecule has 164 valence electrons. The van der Waals surface area contributed by atoms with Crippen molar-refractivity contribution in [1.29, 1.82) is 0 Å². The van der Waals surface area contributed by atoms with E-state index in [4.69, 9.17) is 9.47 Å². The van der Waals surface area contributed by atoms with E-state index in [2.05, 4.69) is 10.6 Å². The van der Waals surface area contributed by atoms with Gasteiger partial charge < -0.3 is 20.1 Å². The van der Waals surface area contributed by atoms with Crippen molar-refractivity contribution in [2.45, 2.75) is 24.0 Å². The minimum atomic E-state index is -0.310. The molecule has 1 aliphatic rings. The Labute approximate surface area is 191 Å². The molecule has 0 fully saturated rings. The maximum absolute atomic E-state index is 12.6. The Morgan fingerprint density at radius 2 is 1.56 bits per heavy atom. The molecule has 1 unspecified atom stereocenters. The molecule has 0 spiro atoms. The van der Waals surface area contributed by atoms with Gasteiger partial charge in [-0.1, -0.05) is 18.2 Å². The number of benzene rings is 3. The lowest BCUT2D eigenvalue weighted by molar-refractivity contribution is -0.115. The van der Waals surface area contributed by atoms with Crippen LogP contribution in [-0.2, 0) is 4.79 Å². The summed E-state index contributed by atoms with van der Waals surface area (Å²) >= 11 is 1.45. The number of carbonyl (C=O) groups is 2. The Balaban J connectivity index is 1.33. The predicted octanol–water partition coefficient (Wildman–Crippen LogP) is 5.14. The zero-order chi connectivity index (χ0) is 22.5. The summed E-state index contributed by atoms with van der Waals surface area (Å²) in [5.74, 6) is 1.07. The summed E-state index contributed by atoms with van der Waals surface area (Å²) in [6, 6.07) is 20.3. The van der Waals surface area contributed by atoms with E-state index in [1.54, 1.807) is 24.3 Å². The topological polar surface area (TPSA) is 76.7 Å². The lowest BCUT2D eigenvalue weighted by Crippen LogP contribution is -2.22. The Morgan fingerprint density at radius 1 is 0.875 bits per heavy atom. The van der Waals surface area contributed by atoms with Crippen molar-refractivity contribution < 1.29 is 19.1 Å². The van der Waals surface area contributed by atoms with Crippen LogP contribution in [-0.4, -0.2) is 30.3 Å². The SMILES string of the molecule is Cc1ccccc1C(=O)Nc1ccc(SC(C)C(=O)Nc2ccc3c(c2)OCCO3)cc1. The molecule has 3 aromatic carbocycles. The number of hydrogen-bond donors (Lipinski definition) is 2. The van der Waals surface area contributed by atoms with Crippen molar-refractivity contribution in [3.05, 3.63) is 77.9 Å². The fourth-order valence-electron chi connectivity index (χ4n) is 3.27. The smallest absolute Gasteiger partial charge is 0.255 e. The third-order valence-electron chi connectivity index (χ3n) is 4.99. The van der Waals surface area contributed by atoms with Gasteiger partial charge in [0.1, 0.15) is 13.2 Å². The highest BCUT2D eigenvalue weighted by Crippen LogP contribution is 2.33. The van der Waals surface area contributed by atoms with Gasteiger partial charge in [-0.3, -0.25) is 9.59 Å². The molecule has 2 amide bonds. The van der Waals surface area contributed by atoms with Gasteiger partial charge >= 0.3 is 0 Å². The fraction of sp³-hybridized carbons (Fsp3) is 0.200. The van der Waals surface area contributed by atoms with Crippen LogP contribution in [0.1, 0.15) is 22.8 Å². The van der Waals surface area contributed by atoms with Crippen molar-refractivity contribution in [2.75, 3.05) is 23.8 Å². The minimum absolute atomic E-state index is 0.108. The summed E-state index contributed by atoms with van der Waals surface area (Å²) in [4.78, 5) is 26.0. The summed E-state index contributed by atoms with van der Waals surface area (Å²) in [7, 11) is 0. The average molecular weight is 449 g/mol. The first kappa shape index (κ1) is 21.8. The van der Waals surface area contributed by atoms with Gasteiger partial charge in [-0.05, 0) is 61.9 Å². The highest BCUT2D eigenvalue weighted by molar-refractivity contribution is 8.00. The molecule has 0 aliphatic carbocycles. The normalized spacial score (nSPS) is 13.2. The van der Waals surface area contributed by atoms with Gasteiger partial charge in [-0.15, -0.1) is 11.8 Å². The average Bonchev–Trinajstić information content (AvgIpc) is 2.80. The molecule has 1 atom stereocenters. The quantitative estimate of drug-likeness (QED) is 0.511. The Hall–Kier alpha value is -3.45. The summed E-state index contributed by atoms with van der Waals surface area (Å²) in [6.07, 6.45) is 0. The van der Waals surface area contributed by atoms with Crippen molar-refractivity contribution in [3.63, 3.8) is 0 Å². The van der Waals surface area contributed by atoms with Crippen molar-refractivity contribution in [1.82, 2.24) is 0 Å². The van der Waals surface area contributed by atoms with Gasteiger partial charge in [0.2, 0.25) is 5.91 Å². The van der Waals surface area contributed by atoms with E-state index >= 15 is 0 Å². The number of nitrogens with one attached hydrogen (secondary N) is 2. The zero-order valence-electron chi connectivity index (χ0n) is 17.9. The molecule has 0 saturated carbocycles. The van der Waals surface area contributed by atoms with Crippen LogP contribution in [0, 0.1) is 6.92 Å². The number of aryl methyl sites for hydroxylation is 1. The van der Waals surface area contributed by atoms with E-state index in [0.29, 0.717) is 41.7 Å². The molecule has 0 aromatic heterocycles. The first-order chi connectivity index (χ1) is 15.5. The molecule has 4 rings (SSSR count). The molecule has 6 nitrogen and oxygen atoms in total. The van der Waals surface area contributed by atoms with Crippen molar-refractivity contribution >= 4 is 35.0 Å². The van der Waals surface area contributed by atoms with Crippen LogP contribution >= 0.6 is 11.8 Å². The third-order valence-corrected chi connectivity index (χ3v) is 6.11. The second kappa shape index (κ2) is 9.78. The van der Waals surface area contributed by atoms with Gasteiger partial charge in [0.15, 0.2) is 11.5 Å². The highest BCUT2D eigenvalue weighted by atomic mass is 32.2. The molecule has 32 heavy (non-hydrogen) atoms. The fourth-order valence-corrected chi connectivity index (χ4v) is 4.13. The number of amides is 2. The lowest BCUT2D eigenvalue weighted by Gasteiger charge is -2.19. The van der Waals surface area contributed by atoms with Gasteiger partial charge in [-0.2, -0.15) is 0 Å². The number of carbonyl (C=O) groups excluding carboxylic acids is 2. The standard InChI is InChI=1S/C25H24N2O4S/c1-16-5-3-4-6-21(16)25(29)26-18-7-10-20(11-8-18)32-17(2)24(28)27-19-9-12-22-23(15-19)31-14-13-30-22/h3-12,15,17H,13-14H2,1-2H3,(H,26,29)(H,27,28). The van der Waals surface area contributed by atoms with Crippen LogP contribution in [0.3, 0.4) is 0 Å². The molecule has 0 bridgehead atoms. The van der Waals surface area contributed by atoms with Crippen molar-refractivity contribution in [3.8, 4) is 11.5 Å². The molecule has 1 heterocycles. The number of ether oxygens (including phenoxy) is 2. The molecular weight excluding hydrogens is 424 g/mol. The lowest BCUT2D eigenvalue weighted by atomic mass is 10.1. The van der Waals surface area contributed by atoms with E-state index in [0.717, 1.165) is 10.5 Å². The van der Waals surface area contributed by atoms with Crippen LogP contribution in [0.4, 0.5) is 11.4 Å². The Morgan fingerprint density at radius 3 is 2.31 bits per heavy atom. The van der Waals surface area contributed by atoms with Gasteiger partial charge in [0.25, 0.3) is 5.91 Å². The summed E-state index contributed by atoms with van der Waals surface area (Å²) in [6.45, 7) is 4.79. The molecule has 0 radical (unpaired) electrons. The van der Waals surface area contributed by atoms with Crippen LogP contribution in [0.25, 0.3) is 0 Å². The van der Waals surface area contributed by atoms with E-state index in [1.165, 1.54) is 11.8 Å². The highest BCUT2D eigenvalue weighted by Gasteiger charge is 2.17. The van der Waals surface area contributed by atoms with Crippen LogP contribution in [0.2, 0.25) is 0 Å².